The molecule has 0 fully saturated rings. The largest absolute Gasteiger partial charge is 0.496 e. The van der Waals surface area contributed by atoms with Crippen LogP contribution in [0.25, 0.3) is 32.6 Å². The highest BCUT2D eigenvalue weighted by atomic mass is 16.6. The molecule has 1 aliphatic rings. The number of carboxylic acids is 2. The molecule has 46 heavy (non-hydrogen) atoms. The van der Waals surface area contributed by atoms with Gasteiger partial charge in [0.15, 0.2) is 12.2 Å². The number of carbonyl (C=O) groups excluding carboxylic acids is 2. The number of carboxylic acid groups (broad SMARTS) is 2. The number of fused-ring (bicyclic) bond motifs is 5. The molecule has 0 amide bonds. The molecule has 3 aromatic carbocycles. The summed E-state index contributed by atoms with van der Waals surface area (Å²) >= 11 is 0. The highest BCUT2D eigenvalue weighted by molar-refractivity contribution is 6.04. The van der Waals surface area contributed by atoms with Gasteiger partial charge in [0.25, 0.3) is 0 Å². The van der Waals surface area contributed by atoms with E-state index in [1.165, 1.54) is 7.11 Å². The van der Waals surface area contributed by atoms with Crippen LogP contribution in [0.4, 0.5) is 0 Å². The molecule has 1 aliphatic heterocycles. The Bertz CT molecular complexity index is 1940. The van der Waals surface area contributed by atoms with Gasteiger partial charge in [-0.25, -0.2) is 0 Å². The number of pyridine rings is 1. The average Bonchev–Trinajstić information content (AvgIpc) is 2.99. The molecule has 2 heterocycles. The minimum absolute atomic E-state index is 0.0207. The zero-order valence-electron chi connectivity index (χ0n) is 26.0. The van der Waals surface area contributed by atoms with Crippen molar-refractivity contribution in [3.63, 3.8) is 0 Å². The van der Waals surface area contributed by atoms with E-state index in [2.05, 4.69) is 0 Å². The first-order valence-electron chi connectivity index (χ1n) is 14.9. The molecule has 0 aliphatic carbocycles. The molecule has 2 N–H and O–H groups in total. The van der Waals surface area contributed by atoms with Crippen LogP contribution in [0.15, 0.2) is 47.3 Å². The van der Waals surface area contributed by atoms with Crippen LogP contribution in [0.1, 0.15) is 64.0 Å². The molecule has 1 aromatic heterocycles. The third kappa shape index (κ3) is 6.19. The minimum atomic E-state index is -1.28. The Kier molecular flexibility index (Phi) is 8.91. The number of aryl methyl sites for hydroxylation is 1. The van der Waals surface area contributed by atoms with Crippen molar-refractivity contribution in [2.45, 2.75) is 70.2 Å². The molecule has 0 bridgehead atoms. The van der Waals surface area contributed by atoms with Gasteiger partial charge in [0.2, 0.25) is 5.43 Å². The molecule has 4 aromatic rings. The van der Waals surface area contributed by atoms with Crippen molar-refractivity contribution in [2.75, 3.05) is 7.11 Å². The van der Waals surface area contributed by atoms with Crippen LogP contribution in [0.2, 0.25) is 0 Å². The summed E-state index contributed by atoms with van der Waals surface area (Å²) in [6.45, 7) is 3.30. The fourth-order valence-corrected chi connectivity index (χ4v) is 6.02. The molecule has 0 saturated carbocycles. The van der Waals surface area contributed by atoms with Gasteiger partial charge in [0.05, 0.1) is 29.1 Å². The lowest BCUT2D eigenvalue weighted by atomic mass is 9.86. The van der Waals surface area contributed by atoms with E-state index in [0.717, 1.165) is 10.8 Å². The second-order valence-corrected chi connectivity index (χ2v) is 11.8. The van der Waals surface area contributed by atoms with E-state index in [4.69, 9.17) is 29.2 Å². The van der Waals surface area contributed by atoms with Crippen LogP contribution in [-0.2, 0) is 35.7 Å². The maximum absolute atomic E-state index is 14.2. The van der Waals surface area contributed by atoms with Crippen LogP contribution in [-0.4, -0.2) is 57.5 Å². The lowest BCUT2D eigenvalue weighted by molar-refractivity contribution is -0.190. The van der Waals surface area contributed by atoms with Crippen molar-refractivity contribution >= 4 is 56.5 Å². The molecule has 2 atom stereocenters. The average molecular weight is 634 g/mol. The number of hydrogen-bond acceptors (Lipinski definition) is 9. The third-order valence-corrected chi connectivity index (χ3v) is 8.20. The van der Waals surface area contributed by atoms with Gasteiger partial charge in [-0.05, 0) is 49.6 Å². The Morgan fingerprint density at radius 3 is 2.07 bits per heavy atom. The Hall–Kier alpha value is -5.13. The van der Waals surface area contributed by atoms with Crippen LogP contribution in [0.5, 0.6) is 11.5 Å². The number of carbonyl (C=O) groups is 4. The normalized spacial score (nSPS) is 16.9. The van der Waals surface area contributed by atoms with E-state index < -0.39 is 41.7 Å². The summed E-state index contributed by atoms with van der Waals surface area (Å²) in [5, 5.41) is 20.5. The van der Waals surface area contributed by atoms with Crippen molar-refractivity contribution in [1.82, 2.24) is 4.57 Å². The molecular weight excluding hydrogens is 598 g/mol. The highest BCUT2D eigenvalue weighted by Gasteiger charge is 2.50. The van der Waals surface area contributed by atoms with Crippen molar-refractivity contribution in [3.05, 3.63) is 58.3 Å². The molecule has 0 spiro atoms. The first-order chi connectivity index (χ1) is 21.8. The van der Waals surface area contributed by atoms with Gasteiger partial charge < -0.3 is 33.7 Å². The van der Waals surface area contributed by atoms with Crippen LogP contribution >= 0.6 is 0 Å². The summed E-state index contributed by atoms with van der Waals surface area (Å²) in [6, 6.07) is 12.9. The number of aromatic nitrogens is 1. The topological polar surface area (TPSA) is 168 Å². The number of aliphatic carboxylic acids is 2. The van der Waals surface area contributed by atoms with Crippen molar-refractivity contribution < 1.29 is 48.3 Å². The lowest BCUT2D eigenvalue weighted by Gasteiger charge is -2.44. The predicted octanol–water partition coefficient (Wildman–Crippen LogP) is 5.03. The van der Waals surface area contributed by atoms with E-state index in [1.807, 2.05) is 36.4 Å². The predicted molar refractivity (Wildman–Crippen MR) is 167 cm³/mol. The zero-order chi connectivity index (χ0) is 33.3. The number of rotatable bonds is 11. The van der Waals surface area contributed by atoms with Gasteiger partial charge in [0, 0.05) is 44.2 Å². The lowest BCUT2D eigenvalue weighted by Crippen LogP contribution is -2.52. The summed E-state index contributed by atoms with van der Waals surface area (Å²) in [5.74, 6) is -3.10. The second kappa shape index (κ2) is 12.7. The van der Waals surface area contributed by atoms with Crippen molar-refractivity contribution in [1.29, 1.82) is 0 Å². The number of esters is 2. The molecule has 0 unspecified atom stereocenters. The van der Waals surface area contributed by atoms with E-state index in [0.29, 0.717) is 16.4 Å². The standard InChI is InChI=1S/C34H35NO11/c1-34(2)33(45-27(41)14-8-12-25(38)39)32(44-26(40)13-7-11-24(36)37)29-23(46-34)17-22(43-4)28-30(29)35(3)21-16-19-10-6-5-9-18(19)15-20(21)31(28)42/h5-6,9-10,15-17,32-33H,7-8,11-14H2,1-4H3,(H,36,37)(H,38,39)/t32-,33-/m0/s1. The Morgan fingerprint density at radius 2 is 1.48 bits per heavy atom. The van der Waals surface area contributed by atoms with Crippen LogP contribution in [0, 0.1) is 0 Å². The van der Waals surface area contributed by atoms with Gasteiger partial charge in [-0.15, -0.1) is 0 Å². The fourth-order valence-electron chi connectivity index (χ4n) is 6.02. The Labute approximate surface area is 263 Å². The Balaban J connectivity index is 1.73. The summed E-state index contributed by atoms with van der Waals surface area (Å²) in [4.78, 5) is 62.5. The second-order valence-electron chi connectivity index (χ2n) is 11.8. The molecule has 242 valence electrons. The number of ether oxygens (including phenoxy) is 4. The number of nitrogens with zero attached hydrogens (tertiary/aromatic N) is 1. The van der Waals surface area contributed by atoms with Gasteiger partial charge in [-0.3, -0.25) is 24.0 Å². The van der Waals surface area contributed by atoms with Crippen molar-refractivity contribution in [3.8, 4) is 11.5 Å². The maximum Gasteiger partial charge on any atom is 0.306 e. The minimum Gasteiger partial charge on any atom is -0.496 e. The summed E-state index contributed by atoms with van der Waals surface area (Å²) < 4.78 is 25.8. The first kappa shape index (κ1) is 32.3. The summed E-state index contributed by atoms with van der Waals surface area (Å²) in [6.07, 6.45) is -3.36. The number of hydrogen-bond donors (Lipinski definition) is 2. The SMILES string of the molecule is COc1cc2c(c3c1c(=O)c1cc4ccccc4cc1n3C)[C@H](OC(=O)CCCC(=O)O)[C@H](OC(=O)CCCC(=O)O)C(C)(C)O2. The van der Waals surface area contributed by atoms with Gasteiger partial charge in [-0.2, -0.15) is 0 Å². The van der Waals surface area contributed by atoms with Crippen LogP contribution < -0.4 is 14.9 Å². The number of benzene rings is 3. The molecule has 12 heteroatoms. The molecule has 12 nitrogen and oxygen atoms in total. The third-order valence-electron chi connectivity index (χ3n) is 8.20. The fraction of sp³-hybridized carbons (Fsp3) is 0.382. The van der Waals surface area contributed by atoms with Gasteiger partial charge in [0.1, 0.15) is 17.1 Å². The Morgan fingerprint density at radius 1 is 0.891 bits per heavy atom. The summed E-state index contributed by atoms with van der Waals surface area (Å²) in [7, 11) is 3.19. The maximum atomic E-state index is 14.2. The van der Waals surface area contributed by atoms with E-state index in [-0.39, 0.29) is 66.4 Å². The number of methoxy groups -OCH3 is 1. The van der Waals surface area contributed by atoms with E-state index in [9.17, 15) is 24.0 Å². The van der Waals surface area contributed by atoms with Gasteiger partial charge in [-0.1, -0.05) is 24.3 Å². The summed E-state index contributed by atoms with van der Waals surface area (Å²) in [5.41, 5.74) is -0.392. The van der Waals surface area contributed by atoms with Crippen LogP contribution in [0.3, 0.4) is 0 Å². The molecule has 0 saturated heterocycles. The quantitative estimate of drug-likeness (QED) is 0.168. The first-order valence-corrected chi connectivity index (χ1v) is 14.9. The van der Waals surface area contributed by atoms with Crippen molar-refractivity contribution in [2.24, 2.45) is 7.05 Å². The molecule has 0 radical (unpaired) electrons. The molecular formula is C34H35NO11. The monoisotopic (exact) mass is 633 g/mol. The van der Waals surface area contributed by atoms with E-state index >= 15 is 0 Å². The van der Waals surface area contributed by atoms with E-state index in [1.54, 1.807) is 31.5 Å². The smallest absolute Gasteiger partial charge is 0.306 e. The molecule has 5 rings (SSSR count). The zero-order valence-corrected chi connectivity index (χ0v) is 26.0. The van der Waals surface area contributed by atoms with Gasteiger partial charge >= 0.3 is 23.9 Å². The highest BCUT2D eigenvalue weighted by Crippen LogP contribution is 2.49.